The normalized spacial score (nSPS) is 20.2. The number of benzene rings is 2. The molecule has 0 amide bonds. The molecule has 3 rings (SSSR count). The second-order valence-corrected chi connectivity index (χ2v) is 8.08. The van der Waals surface area contributed by atoms with Crippen LogP contribution in [-0.2, 0) is 19.0 Å². The summed E-state index contributed by atoms with van der Waals surface area (Å²) in [5.41, 5.74) is 0. The molecule has 146 valence electrons. The van der Waals surface area contributed by atoms with Crippen LogP contribution in [0.3, 0.4) is 0 Å². The molecule has 0 radical (unpaired) electrons. The van der Waals surface area contributed by atoms with E-state index in [0.29, 0.717) is 24.5 Å². The summed E-state index contributed by atoms with van der Waals surface area (Å²) >= 11 is 5.74. The maximum absolute atomic E-state index is 13.0. The molecule has 3 atom stereocenters. The first-order valence-electron chi connectivity index (χ1n) is 8.56. The fraction of sp³-hybridized carbons (Fsp3) is 0.368. The predicted molar refractivity (Wildman–Crippen MR) is 99.0 cm³/mol. The van der Waals surface area contributed by atoms with E-state index in [0.717, 1.165) is 0 Å². The van der Waals surface area contributed by atoms with Crippen LogP contribution < -0.4 is 4.74 Å². The fourth-order valence-electron chi connectivity index (χ4n) is 2.62. The number of hydrogen-bond donors (Lipinski definition) is 0. The van der Waals surface area contributed by atoms with Crippen molar-refractivity contribution in [3.05, 3.63) is 60.4 Å². The first-order chi connectivity index (χ1) is 13.0. The Kier molecular flexibility index (Phi) is 6.70. The highest BCUT2D eigenvalue weighted by molar-refractivity contribution is 7.86. The summed E-state index contributed by atoms with van der Waals surface area (Å²) in [4.78, 5) is 0.0816. The standard InChI is InChI=1S/C19H20ClFO5S/c20-12-19-18(25-19)11-10-16(13-24-15-8-6-14(21)7-9-15)26-27(22,23)17-4-2-1-3-5-17/h1-9,16,18-19H,10-13H2/t16?,18?,19-/m0/s1. The number of rotatable bonds is 10. The van der Waals surface area contributed by atoms with Crippen LogP contribution in [0.1, 0.15) is 12.8 Å². The molecule has 1 saturated heterocycles. The first kappa shape index (κ1) is 20.1. The van der Waals surface area contributed by atoms with E-state index < -0.39 is 16.2 Å². The summed E-state index contributed by atoms with van der Waals surface area (Å²) < 4.78 is 54.4. The highest BCUT2D eigenvalue weighted by Crippen LogP contribution is 2.29. The van der Waals surface area contributed by atoms with Crippen LogP contribution in [-0.4, -0.2) is 39.2 Å². The molecule has 1 aliphatic rings. The molecular formula is C19H20ClFO5S. The molecular weight excluding hydrogens is 395 g/mol. The maximum atomic E-state index is 13.0. The number of hydrogen-bond acceptors (Lipinski definition) is 5. The average molecular weight is 415 g/mol. The highest BCUT2D eigenvalue weighted by Gasteiger charge is 2.38. The Hall–Kier alpha value is -1.67. The summed E-state index contributed by atoms with van der Waals surface area (Å²) in [5.74, 6) is 0.466. The molecule has 0 spiro atoms. The minimum Gasteiger partial charge on any atom is -0.491 e. The highest BCUT2D eigenvalue weighted by atomic mass is 35.5. The number of ether oxygens (including phenoxy) is 2. The summed E-state index contributed by atoms with van der Waals surface area (Å²) in [5, 5.41) is 0. The lowest BCUT2D eigenvalue weighted by Crippen LogP contribution is -2.26. The van der Waals surface area contributed by atoms with Gasteiger partial charge in [0, 0.05) is 0 Å². The molecule has 1 fully saturated rings. The van der Waals surface area contributed by atoms with Gasteiger partial charge in [-0.2, -0.15) is 8.42 Å². The summed E-state index contributed by atoms with van der Waals surface area (Å²) in [6.07, 6.45) is 0.347. The van der Waals surface area contributed by atoms with Crippen LogP contribution in [0.4, 0.5) is 4.39 Å². The van der Waals surface area contributed by atoms with Crippen molar-refractivity contribution >= 4 is 21.7 Å². The minimum absolute atomic E-state index is 0.00988. The minimum atomic E-state index is -3.92. The van der Waals surface area contributed by atoms with E-state index in [2.05, 4.69) is 0 Å². The molecule has 0 aliphatic carbocycles. The van der Waals surface area contributed by atoms with Gasteiger partial charge in [-0.3, -0.25) is 4.18 Å². The third kappa shape index (κ3) is 5.90. The van der Waals surface area contributed by atoms with Gasteiger partial charge in [0.1, 0.15) is 24.3 Å². The van der Waals surface area contributed by atoms with Crippen molar-refractivity contribution in [3.8, 4) is 5.75 Å². The molecule has 8 heteroatoms. The number of epoxide rings is 1. The molecule has 2 unspecified atom stereocenters. The van der Waals surface area contributed by atoms with E-state index in [-0.39, 0.29) is 29.5 Å². The van der Waals surface area contributed by atoms with E-state index in [1.807, 2.05) is 0 Å². The van der Waals surface area contributed by atoms with Crippen LogP contribution >= 0.6 is 11.6 Å². The van der Waals surface area contributed by atoms with E-state index >= 15 is 0 Å². The Morgan fingerprint density at radius 2 is 1.78 bits per heavy atom. The second kappa shape index (κ2) is 9.01. The van der Waals surface area contributed by atoms with Crippen LogP contribution in [0.2, 0.25) is 0 Å². The van der Waals surface area contributed by atoms with Crippen molar-refractivity contribution < 1.29 is 26.5 Å². The summed E-state index contributed by atoms with van der Waals surface area (Å²) in [6, 6.07) is 13.4. The third-order valence-corrected chi connectivity index (χ3v) is 5.84. The molecule has 2 aromatic rings. The molecule has 0 bridgehead atoms. The third-order valence-electron chi connectivity index (χ3n) is 4.16. The lowest BCUT2D eigenvalue weighted by Gasteiger charge is -2.18. The van der Waals surface area contributed by atoms with Gasteiger partial charge >= 0.3 is 0 Å². The van der Waals surface area contributed by atoms with Crippen molar-refractivity contribution in [2.75, 3.05) is 12.5 Å². The van der Waals surface area contributed by atoms with Crippen molar-refractivity contribution in [3.63, 3.8) is 0 Å². The van der Waals surface area contributed by atoms with Crippen LogP contribution in [0.25, 0.3) is 0 Å². The van der Waals surface area contributed by atoms with E-state index in [4.69, 9.17) is 25.3 Å². The largest absolute Gasteiger partial charge is 0.491 e. The topological polar surface area (TPSA) is 65.1 Å². The zero-order valence-corrected chi connectivity index (χ0v) is 16.0. The Morgan fingerprint density at radius 1 is 1.07 bits per heavy atom. The van der Waals surface area contributed by atoms with Crippen molar-refractivity contribution in [1.29, 1.82) is 0 Å². The SMILES string of the molecule is O=S(=O)(OC(CCC1O[C@H]1CCl)COc1ccc(F)cc1)c1ccccc1. The fourth-order valence-corrected chi connectivity index (χ4v) is 4.00. The summed E-state index contributed by atoms with van der Waals surface area (Å²) in [7, 11) is -3.92. The Bertz CT molecular complexity index is 829. The van der Waals surface area contributed by atoms with Crippen LogP contribution in [0.15, 0.2) is 59.5 Å². The quantitative estimate of drug-likeness (QED) is 0.336. The van der Waals surface area contributed by atoms with Gasteiger partial charge in [0.05, 0.1) is 23.0 Å². The monoisotopic (exact) mass is 414 g/mol. The zero-order chi connectivity index (χ0) is 19.3. The Labute approximate surface area is 163 Å². The molecule has 1 heterocycles. The summed E-state index contributed by atoms with van der Waals surface area (Å²) in [6.45, 7) is 0.00988. The maximum Gasteiger partial charge on any atom is 0.297 e. The van der Waals surface area contributed by atoms with E-state index in [9.17, 15) is 12.8 Å². The van der Waals surface area contributed by atoms with Crippen molar-refractivity contribution in [2.45, 2.75) is 36.0 Å². The van der Waals surface area contributed by atoms with Gasteiger partial charge in [0.25, 0.3) is 10.1 Å². The molecule has 5 nitrogen and oxygen atoms in total. The van der Waals surface area contributed by atoms with Crippen LogP contribution in [0.5, 0.6) is 5.75 Å². The molecule has 0 N–H and O–H groups in total. The van der Waals surface area contributed by atoms with Gasteiger partial charge < -0.3 is 9.47 Å². The lowest BCUT2D eigenvalue weighted by atomic mass is 10.1. The molecule has 2 aromatic carbocycles. The van der Waals surface area contributed by atoms with Gasteiger partial charge in [0.2, 0.25) is 0 Å². The first-order valence-corrected chi connectivity index (χ1v) is 10.5. The average Bonchev–Trinajstić information content (AvgIpc) is 3.44. The Morgan fingerprint density at radius 3 is 2.41 bits per heavy atom. The smallest absolute Gasteiger partial charge is 0.297 e. The van der Waals surface area contributed by atoms with Gasteiger partial charge in [0.15, 0.2) is 0 Å². The van der Waals surface area contributed by atoms with Crippen LogP contribution in [0, 0.1) is 5.82 Å². The van der Waals surface area contributed by atoms with Gasteiger partial charge in [-0.05, 0) is 49.2 Å². The van der Waals surface area contributed by atoms with Crippen molar-refractivity contribution in [1.82, 2.24) is 0 Å². The number of alkyl halides is 1. The van der Waals surface area contributed by atoms with Gasteiger partial charge in [-0.25, -0.2) is 4.39 Å². The second-order valence-electron chi connectivity index (χ2n) is 6.19. The Balaban J connectivity index is 1.64. The number of halogens is 2. The lowest BCUT2D eigenvalue weighted by molar-refractivity contribution is 0.122. The molecule has 0 saturated carbocycles. The van der Waals surface area contributed by atoms with Gasteiger partial charge in [-0.1, -0.05) is 18.2 Å². The predicted octanol–water partition coefficient (Wildman–Crippen LogP) is 3.77. The molecule has 27 heavy (non-hydrogen) atoms. The molecule has 0 aromatic heterocycles. The van der Waals surface area contributed by atoms with Crippen molar-refractivity contribution in [2.24, 2.45) is 0 Å². The van der Waals surface area contributed by atoms with E-state index in [1.54, 1.807) is 18.2 Å². The van der Waals surface area contributed by atoms with E-state index in [1.165, 1.54) is 36.4 Å². The zero-order valence-electron chi connectivity index (χ0n) is 14.5. The van der Waals surface area contributed by atoms with Gasteiger partial charge in [-0.15, -0.1) is 11.6 Å². The molecule has 1 aliphatic heterocycles.